The SMILES string of the molecule is CN(C)c1ccc(OCCCCCCCCCCOc2ccc(I)cc2)cc1. The molecule has 0 bridgehead atoms. The van der Waals surface area contributed by atoms with Crippen LogP contribution in [0.1, 0.15) is 51.4 Å². The van der Waals surface area contributed by atoms with E-state index in [0.717, 1.165) is 37.6 Å². The van der Waals surface area contributed by atoms with Crippen LogP contribution in [0.15, 0.2) is 48.5 Å². The van der Waals surface area contributed by atoms with E-state index in [4.69, 9.17) is 9.47 Å². The van der Waals surface area contributed by atoms with E-state index < -0.39 is 0 Å². The normalized spacial score (nSPS) is 10.7. The van der Waals surface area contributed by atoms with E-state index in [9.17, 15) is 0 Å². The Hall–Kier alpha value is -1.43. The maximum absolute atomic E-state index is 5.82. The number of rotatable bonds is 14. The van der Waals surface area contributed by atoms with Gasteiger partial charge in [0.25, 0.3) is 0 Å². The van der Waals surface area contributed by atoms with Gasteiger partial charge in [0.15, 0.2) is 0 Å². The van der Waals surface area contributed by atoms with Crippen LogP contribution in [-0.2, 0) is 0 Å². The zero-order chi connectivity index (χ0) is 20.0. The lowest BCUT2D eigenvalue weighted by molar-refractivity contribution is 0.301. The fourth-order valence-corrected chi connectivity index (χ4v) is 3.38. The number of hydrogen-bond donors (Lipinski definition) is 0. The molecule has 0 aliphatic heterocycles. The molecule has 0 aliphatic carbocycles. The molecule has 0 aliphatic rings. The van der Waals surface area contributed by atoms with E-state index in [1.54, 1.807) is 0 Å². The molecule has 0 saturated heterocycles. The molecule has 0 N–H and O–H groups in total. The van der Waals surface area contributed by atoms with Crippen molar-refractivity contribution >= 4 is 28.3 Å². The lowest BCUT2D eigenvalue weighted by atomic mass is 10.1. The number of ether oxygens (including phenoxy) is 2. The van der Waals surface area contributed by atoms with Crippen LogP contribution >= 0.6 is 22.6 Å². The predicted octanol–water partition coefficient (Wildman–Crippen LogP) is 6.94. The van der Waals surface area contributed by atoms with Gasteiger partial charge in [0, 0.05) is 23.4 Å². The summed E-state index contributed by atoms with van der Waals surface area (Å²) in [5, 5.41) is 0. The molecule has 154 valence electrons. The Labute approximate surface area is 184 Å². The van der Waals surface area contributed by atoms with Crippen LogP contribution in [-0.4, -0.2) is 27.3 Å². The molecule has 0 aromatic heterocycles. The van der Waals surface area contributed by atoms with E-state index in [2.05, 4.69) is 78.0 Å². The van der Waals surface area contributed by atoms with Crippen molar-refractivity contribution in [1.29, 1.82) is 0 Å². The van der Waals surface area contributed by atoms with Gasteiger partial charge in [-0.05, 0) is 84.0 Å². The first kappa shape index (κ1) is 22.9. The Bertz CT molecular complexity index is 641. The maximum atomic E-state index is 5.82. The van der Waals surface area contributed by atoms with E-state index in [-0.39, 0.29) is 0 Å². The molecular weight excluding hydrogens is 461 g/mol. The average Bonchev–Trinajstić information content (AvgIpc) is 2.70. The minimum Gasteiger partial charge on any atom is -0.494 e. The highest BCUT2D eigenvalue weighted by Crippen LogP contribution is 2.18. The second-order valence-electron chi connectivity index (χ2n) is 7.37. The first-order valence-electron chi connectivity index (χ1n) is 10.4. The highest BCUT2D eigenvalue weighted by Gasteiger charge is 1.98. The molecule has 3 nitrogen and oxygen atoms in total. The van der Waals surface area contributed by atoms with Crippen molar-refractivity contribution in [2.75, 3.05) is 32.2 Å². The van der Waals surface area contributed by atoms with Crippen molar-refractivity contribution in [3.63, 3.8) is 0 Å². The molecule has 0 fully saturated rings. The first-order chi connectivity index (χ1) is 13.6. The summed E-state index contributed by atoms with van der Waals surface area (Å²) >= 11 is 2.31. The van der Waals surface area contributed by atoms with Crippen molar-refractivity contribution in [2.45, 2.75) is 51.4 Å². The number of halogens is 1. The van der Waals surface area contributed by atoms with Crippen molar-refractivity contribution in [3.8, 4) is 11.5 Å². The van der Waals surface area contributed by atoms with Crippen LogP contribution in [0.25, 0.3) is 0 Å². The minimum absolute atomic E-state index is 0.817. The fraction of sp³-hybridized carbons (Fsp3) is 0.500. The number of anilines is 1. The summed E-state index contributed by atoms with van der Waals surface area (Å²) in [6.07, 6.45) is 10.1. The molecule has 0 radical (unpaired) electrons. The molecule has 0 spiro atoms. The molecule has 0 amide bonds. The Morgan fingerprint density at radius 3 is 1.43 bits per heavy atom. The number of unbranched alkanes of at least 4 members (excludes halogenated alkanes) is 7. The second-order valence-corrected chi connectivity index (χ2v) is 8.61. The molecule has 0 saturated carbocycles. The maximum Gasteiger partial charge on any atom is 0.119 e. The summed E-state index contributed by atoms with van der Waals surface area (Å²) in [6.45, 7) is 1.64. The van der Waals surface area contributed by atoms with E-state index in [1.807, 2.05) is 12.1 Å². The van der Waals surface area contributed by atoms with Gasteiger partial charge in [-0.15, -0.1) is 0 Å². The average molecular weight is 495 g/mol. The summed E-state index contributed by atoms with van der Waals surface area (Å²) in [7, 11) is 4.10. The third-order valence-electron chi connectivity index (χ3n) is 4.74. The van der Waals surface area contributed by atoms with Gasteiger partial charge in [-0.1, -0.05) is 38.5 Å². The van der Waals surface area contributed by atoms with Crippen molar-refractivity contribution in [2.24, 2.45) is 0 Å². The lowest BCUT2D eigenvalue weighted by Gasteiger charge is -2.13. The molecular formula is C24H34INO2. The van der Waals surface area contributed by atoms with Crippen LogP contribution in [0.4, 0.5) is 5.69 Å². The molecule has 2 aromatic rings. The fourth-order valence-electron chi connectivity index (χ4n) is 3.02. The smallest absolute Gasteiger partial charge is 0.119 e. The van der Waals surface area contributed by atoms with Crippen molar-refractivity contribution in [1.82, 2.24) is 0 Å². The third-order valence-corrected chi connectivity index (χ3v) is 5.46. The Balaban J connectivity index is 1.37. The predicted molar refractivity (Wildman–Crippen MR) is 128 cm³/mol. The summed E-state index contributed by atoms with van der Waals surface area (Å²) < 4.78 is 12.8. The lowest BCUT2D eigenvalue weighted by Crippen LogP contribution is -2.08. The highest BCUT2D eigenvalue weighted by molar-refractivity contribution is 14.1. The zero-order valence-electron chi connectivity index (χ0n) is 17.3. The van der Waals surface area contributed by atoms with Crippen LogP contribution in [0.2, 0.25) is 0 Å². The molecule has 0 unspecified atom stereocenters. The van der Waals surface area contributed by atoms with Gasteiger partial charge in [0.05, 0.1) is 13.2 Å². The Morgan fingerprint density at radius 2 is 1.00 bits per heavy atom. The largest absolute Gasteiger partial charge is 0.494 e. The Morgan fingerprint density at radius 1 is 0.607 bits per heavy atom. The summed E-state index contributed by atoms with van der Waals surface area (Å²) in [5.74, 6) is 1.95. The Kier molecular flexibility index (Phi) is 11.2. The standard InChI is InChI=1S/C24H34INO2/c1-26(2)22-13-17-24(18-14-22)28-20-10-8-6-4-3-5-7-9-19-27-23-15-11-21(25)12-16-23/h11-18H,3-10,19-20H2,1-2H3. The summed E-state index contributed by atoms with van der Waals surface area (Å²) in [4.78, 5) is 2.10. The van der Waals surface area contributed by atoms with Gasteiger partial charge < -0.3 is 14.4 Å². The molecule has 28 heavy (non-hydrogen) atoms. The van der Waals surface area contributed by atoms with Gasteiger partial charge in [-0.25, -0.2) is 0 Å². The second kappa shape index (κ2) is 13.7. The molecule has 2 rings (SSSR count). The molecule has 0 heterocycles. The van der Waals surface area contributed by atoms with Crippen LogP contribution < -0.4 is 14.4 Å². The third kappa shape index (κ3) is 9.67. The molecule has 4 heteroatoms. The highest BCUT2D eigenvalue weighted by atomic mass is 127. The van der Waals surface area contributed by atoms with E-state index >= 15 is 0 Å². The topological polar surface area (TPSA) is 21.7 Å². The van der Waals surface area contributed by atoms with Crippen molar-refractivity contribution < 1.29 is 9.47 Å². The van der Waals surface area contributed by atoms with Crippen molar-refractivity contribution in [3.05, 3.63) is 52.1 Å². The van der Waals surface area contributed by atoms with Crippen LogP contribution in [0.3, 0.4) is 0 Å². The van der Waals surface area contributed by atoms with Crippen LogP contribution in [0, 0.1) is 3.57 Å². The minimum atomic E-state index is 0.817. The van der Waals surface area contributed by atoms with Gasteiger partial charge in [0.1, 0.15) is 11.5 Å². The summed E-state index contributed by atoms with van der Waals surface area (Å²) in [6, 6.07) is 16.6. The van der Waals surface area contributed by atoms with E-state index in [1.165, 1.54) is 47.8 Å². The van der Waals surface area contributed by atoms with Gasteiger partial charge in [-0.2, -0.15) is 0 Å². The van der Waals surface area contributed by atoms with E-state index in [0.29, 0.717) is 0 Å². The number of nitrogens with zero attached hydrogens (tertiary/aromatic N) is 1. The molecule has 2 aromatic carbocycles. The zero-order valence-corrected chi connectivity index (χ0v) is 19.5. The monoisotopic (exact) mass is 495 g/mol. The van der Waals surface area contributed by atoms with Gasteiger partial charge in [-0.3, -0.25) is 0 Å². The van der Waals surface area contributed by atoms with Crippen LogP contribution in [0.5, 0.6) is 11.5 Å². The quantitative estimate of drug-likeness (QED) is 0.209. The van der Waals surface area contributed by atoms with Gasteiger partial charge >= 0.3 is 0 Å². The number of hydrogen-bond acceptors (Lipinski definition) is 3. The first-order valence-corrected chi connectivity index (χ1v) is 11.5. The number of benzene rings is 2. The summed E-state index contributed by atoms with van der Waals surface area (Å²) in [5.41, 5.74) is 1.20. The van der Waals surface area contributed by atoms with Gasteiger partial charge in [0.2, 0.25) is 0 Å². The molecule has 0 atom stereocenters.